The van der Waals surface area contributed by atoms with Gasteiger partial charge in [-0.2, -0.15) is 0 Å². The second kappa shape index (κ2) is 5.07. The Bertz CT molecular complexity index is 617. The van der Waals surface area contributed by atoms with Crippen molar-refractivity contribution in [2.75, 3.05) is 0 Å². The third-order valence-corrected chi connectivity index (χ3v) is 3.22. The van der Waals surface area contributed by atoms with Crippen molar-refractivity contribution in [1.29, 1.82) is 0 Å². The molecule has 0 aliphatic heterocycles. The van der Waals surface area contributed by atoms with Gasteiger partial charge in [0.25, 0.3) is 0 Å². The van der Waals surface area contributed by atoms with Crippen molar-refractivity contribution in [3.63, 3.8) is 0 Å². The number of ketones is 2. The van der Waals surface area contributed by atoms with Crippen molar-refractivity contribution in [3.05, 3.63) is 59.7 Å². The van der Waals surface area contributed by atoms with E-state index in [1.807, 2.05) is 0 Å². The number of allylic oxidation sites excluding steroid dienone is 4. The molecule has 2 unspecified atom stereocenters. The summed E-state index contributed by atoms with van der Waals surface area (Å²) in [6, 6.07) is 4.22. The van der Waals surface area contributed by atoms with E-state index < -0.39 is 34.8 Å². The van der Waals surface area contributed by atoms with Gasteiger partial charge in [-0.15, -0.1) is 0 Å². The van der Waals surface area contributed by atoms with Crippen LogP contribution in [-0.4, -0.2) is 17.2 Å². The van der Waals surface area contributed by atoms with Crippen LogP contribution in [0.15, 0.2) is 48.3 Å². The summed E-state index contributed by atoms with van der Waals surface area (Å²) in [5.41, 5.74) is -2.69. The summed E-state index contributed by atoms with van der Waals surface area (Å²) in [5.74, 6) is -4.69. The zero-order chi connectivity index (χ0) is 14.9. The molecule has 1 aromatic rings. The lowest BCUT2D eigenvalue weighted by Gasteiger charge is -2.26. The van der Waals surface area contributed by atoms with Gasteiger partial charge in [0.2, 0.25) is 17.2 Å². The molecule has 0 bridgehead atoms. The van der Waals surface area contributed by atoms with E-state index in [-0.39, 0.29) is 5.56 Å². The predicted molar refractivity (Wildman–Crippen MR) is 67.1 cm³/mol. The van der Waals surface area contributed by atoms with E-state index in [0.717, 1.165) is 42.5 Å². The Morgan fingerprint density at radius 3 is 2.30 bits per heavy atom. The van der Waals surface area contributed by atoms with Gasteiger partial charge in [-0.3, -0.25) is 9.59 Å². The molecule has 5 heteroatoms. The average molecular weight is 280 g/mol. The van der Waals surface area contributed by atoms with E-state index in [9.17, 15) is 22.8 Å². The lowest BCUT2D eigenvalue weighted by atomic mass is 9.80. The Morgan fingerprint density at radius 1 is 1.15 bits per heavy atom. The highest BCUT2D eigenvalue weighted by atomic mass is 19.1. The molecular formula is C15H11F3O2. The number of benzene rings is 1. The molecule has 104 valence electrons. The van der Waals surface area contributed by atoms with Gasteiger partial charge < -0.3 is 0 Å². The third kappa shape index (κ3) is 2.43. The average Bonchev–Trinajstić information content (AvgIpc) is 2.42. The lowest BCUT2D eigenvalue weighted by molar-refractivity contribution is -0.125. The smallest absolute Gasteiger partial charge is 0.244 e. The molecule has 0 fully saturated rings. The monoisotopic (exact) mass is 280 g/mol. The first-order chi connectivity index (χ1) is 9.34. The summed E-state index contributed by atoms with van der Waals surface area (Å²) in [7, 11) is 0. The van der Waals surface area contributed by atoms with Gasteiger partial charge in [-0.25, -0.2) is 13.2 Å². The van der Waals surface area contributed by atoms with E-state index in [1.165, 1.54) is 6.92 Å². The Labute approximate surface area is 113 Å². The van der Waals surface area contributed by atoms with Crippen LogP contribution in [0.3, 0.4) is 0 Å². The van der Waals surface area contributed by atoms with Crippen molar-refractivity contribution in [3.8, 4) is 0 Å². The second-order valence-electron chi connectivity index (χ2n) is 4.61. The minimum absolute atomic E-state index is 0.107. The first-order valence-corrected chi connectivity index (χ1v) is 5.95. The number of hydrogen-bond donors (Lipinski definition) is 0. The maximum absolute atomic E-state index is 14.6. The molecule has 0 amide bonds. The van der Waals surface area contributed by atoms with Gasteiger partial charge in [0.15, 0.2) is 0 Å². The highest BCUT2D eigenvalue weighted by Gasteiger charge is 2.45. The third-order valence-electron chi connectivity index (χ3n) is 3.22. The van der Waals surface area contributed by atoms with Crippen molar-refractivity contribution >= 4 is 11.6 Å². The van der Waals surface area contributed by atoms with E-state index in [4.69, 9.17) is 0 Å². The number of hydrogen-bond acceptors (Lipinski definition) is 2. The fourth-order valence-corrected chi connectivity index (χ4v) is 1.96. The van der Waals surface area contributed by atoms with Crippen LogP contribution < -0.4 is 0 Å². The quantitative estimate of drug-likeness (QED) is 0.628. The fraction of sp³-hybridized carbons (Fsp3) is 0.200. The van der Waals surface area contributed by atoms with E-state index in [0.29, 0.717) is 0 Å². The summed E-state index contributed by atoms with van der Waals surface area (Å²) < 4.78 is 40.3. The molecule has 0 aromatic heterocycles. The number of alkyl halides is 1. The van der Waals surface area contributed by atoms with Gasteiger partial charge >= 0.3 is 0 Å². The number of halogens is 3. The number of Topliss-reactive ketones (excluding diaryl/α,β-unsaturated/α-hetero) is 2. The van der Waals surface area contributed by atoms with E-state index in [2.05, 4.69) is 0 Å². The minimum atomic E-state index is -2.58. The Balaban J connectivity index is 2.30. The Morgan fingerprint density at radius 2 is 1.75 bits per heavy atom. The van der Waals surface area contributed by atoms with Gasteiger partial charge in [0.1, 0.15) is 11.6 Å². The zero-order valence-corrected chi connectivity index (χ0v) is 10.6. The number of carbonyl (C=O) groups is 2. The van der Waals surface area contributed by atoms with Gasteiger partial charge in [0.05, 0.1) is 0 Å². The van der Waals surface area contributed by atoms with Gasteiger partial charge in [0, 0.05) is 11.5 Å². The molecule has 1 aliphatic carbocycles. The van der Waals surface area contributed by atoms with Gasteiger partial charge in [-0.05, 0) is 42.5 Å². The SMILES string of the molecule is CC1C=C(F)C=CC1(F)C(=O)C(=O)c1ccc(F)cc1. The fourth-order valence-electron chi connectivity index (χ4n) is 1.96. The summed E-state index contributed by atoms with van der Waals surface area (Å²) in [4.78, 5) is 23.9. The number of rotatable bonds is 3. The molecule has 0 saturated carbocycles. The first-order valence-electron chi connectivity index (χ1n) is 5.95. The Hall–Kier alpha value is -2.17. The van der Waals surface area contributed by atoms with Crippen LogP contribution in [0, 0.1) is 11.7 Å². The van der Waals surface area contributed by atoms with Crippen LogP contribution >= 0.6 is 0 Å². The minimum Gasteiger partial charge on any atom is -0.286 e. The van der Waals surface area contributed by atoms with Crippen LogP contribution in [0.4, 0.5) is 13.2 Å². The molecule has 2 rings (SSSR count). The summed E-state index contributed by atoms with van der Waals surface area (Å²) in [6.45, 7) is 1.30. The summed E-state index contributed by atoms with van der Waals surface area (Å²) in [6.07, 6.45) is 2.50. The van der Waals surface area contributed by atoms with Crippen LogP contribution in [0.1, 0.15) is 17.3 Å². The van der Waals surface area contributed by atoms with E-state index in [1.54, 1.807) is 0 Å². The molecule has 2 atom stereocenters. The summed E-state index contributed by atoms with van der Waals surface area (Å²) >= 11 is 0. The predicted octanol–water partition coefficient (Wildman–Crippen LogP) is 3.35. The molecule has 0 spiro atoms. The first kappa shape index (κ1) is 14.2. The highest BCUT2D eigenvalue weighted by Crippen LogP contribution is 2.33. The van der Waals surface area contributed by atoms with Crippen molar-refractivity contribution in [1.82, 2.24) is 0 Å². The Kier molecular flexibility index (Phi) is 3.61. The topological polar surface area (TPSA) is 34.1 Å². The molecule has 0 radical (unpaired) electrons. The standard InChI is InChI=1S/C15H11F3O2/c1-9-8-12(17)6-7-15(9,18)14(20)13(19)10-2-4-11(16)5-3-10/h2-9H,1H3. The molecule has 0 heterocycles. The lowest BCUT2D eigenvalue weighted by Crippen LogP contribution is -2.43. The molecular weight excluding hydrogens is 269 g/mol. The van der Waals surface area contributed by atoms with Crippen LogP contribution in [0.2, 0.25) is 0 Å². The second-order valence-corrected chi connectivity index (χ2v) is 4.61. The molecule has 2 nitrogen and oxygen atoms in total. The molecule has 0 N–H and O–H groups in total. The molecule has 1 aromatic carbocycles. The molecule has 0 saturated heterocycles. The van der Waals surface area contributed by atoms with Gasteiger partial charge in [-0.1, -0.05) is 6.92 Å². The summed E-state index contributed by atoms with van der Waals surface area (Å²) in [5, 5.41) is 0. The largest absolute Gasteiger partial charge is 0.286 e. The van der Waals surface area contributed by atoms with Crippen LogP contribution in [0.5, 0.6) is 0 Å². The highest BCUT2D eigenvalue weighted by molar-refractivity contribution is 6.46. The normalized spacial score (nSPS) is 25.2. The maximum Gasteiger partial charge on any atom is 0.244 e. The zero-order valence-electron chi connectivity index (χ0n) is 10.6. The van der Waals surface area contributed by atoms with Crippen molar-refractivity contribution in [2.24, 2.45) is 5.92 Å². The number of carbonyl (C=O) groups excluding carboxylic acids is 2. The van der Waals surface area contributed by atoms with Crippen LogP contribution in [0.25, 0.3) is 0 Å². The van der Waals surface area contributed by atoms with E-state index >= 15 is 0 Å². The van der Waals surface area contributed by atoms with Crippen molar-refractivity contribution < 1.29 is 22.8 Å². The molecule has 20 heavy (non-hydrogen) atoms. The molecule has 1 aliphatic rings. The van der Waals surface area contributed by atoms with Crippen LogP contribution in [-0.2, 0) is 4.79 Å². The van der Waals surface area contributed by atoms with Crippen molar-refractivity contribution in [2.45, 2.75) is 12.6 Å². The maximum atomic E-state index is 14.6.